The Morgan fingerprint density at radius 1 is 1.11 bits per heavy atom. The molecule has 2 fully saturated rings. The van der Waals surface area contributed by atoms with E-state index in [-0.39, 0.29) is 30.5 Å². The third kappa shape index (κ3) is 7.37. The smallest absolute Gasteiger partial charge is 0.305 e. The molecule has 38 heavy (non-hydrogen) atoms. The van der Waals surface area contributed by atoms with Crippen LogP contribution in [0.3, 0.4) is 0 Å². The summed E-state index contributed by atoms with van der Waals surface area (Å²) in [6, 6.07) is 12.5. The molecule has 0 amide bonds. The highest BCUT2D eigenvalue weighted by Gasteiger charge is 2.34. The molecule has 206 valence electrons. The van der Waals surface area contributed by atoms with E-state index in [1.165, 1.54) is 6.07 Å². The topological polar surface area (TPSA) is 88.5 Å². The summed E-state index contributed by atoms with van der Waals surface area (Å²) in [5.74, 6) is 0.339. The Hall–Kier alpha value is -3.33. The van der Waals surface area contributed by atoms with Crippen molar-refractivity contribution in [2.75, 3.05) is 42.6 Å². The number of rotatable bonds is 13. The lowest BCUT2D eigenvalue weighted by Gasteiger charge is -2.34. The maximum Gasteiger partial charge on any atom is 0.305 e. The molecule has 2 aromatic carbocycles. The third-order valence-electron chi connectivity index (χ3n) is 7.09. The number of aldehydes is 1. The quantitative estimate of drug-likeness (QED) is 0.296. The van der Waals surface area contributed by atoms with Crippen LogP contribution in [0.5, 0.6) is 11.5 Å². The van der Waals surface area contributed by atoms with Crippen LogP contribution in [-0.4, -0.2) is 68.5 Å². The van der Waals surface area contributed by atoms with Crippen LogP contribution in [0, 0.1) is 5.82 Å². The van der Waals surface area contributed by atoms with Crippen molar-refractivity contribution >= 4 is 23.6 Å². The predicted molar refractivity (Wildman–Crippen MR) is 143 cm³/mol. The average Bonchev–Trinajstić information content (AvgIpc) is 3.30. The highest BCUT2D eigenvalue weighted by Crippen LogP contribution is 2.32. The van der Waals surface area contributed by atoms with Crippen LogP contribution in [0.25, 0.3) is 0 Å². The minimum absolute atomic E-state index is 0.0333. The summed E-state index contributed by atoms with van der Waals surface area (Å²) in [7, 11) is 0. The number of halogens is 1. The van der Waals surface area contributed by atoms with Crippen molar-refractivity contribution in [3.8, 4) is 11.5 Å². The number of carboxylic acid groups (broad SMARTS) is 1. The van der Waals surface area contributed by atoms with Crippen molar-refractivity contribution in [3.63, 3.8) is 0 Å². The Morgan fingerprint density at radius 2 is 1.84 bits per heavy atom. The fourth-order valence-electron chi connectivity index (χ4n) is 5.24. The number of carboxylic acids is 1. The van der Waals surface area contributed by atoms with Gasteiger partial charge in [0.15, 0.2) is 0 Å². The number of benzene rings is 2. The molecule has 2 heterocycles. The van der Waals surface area contributed by atoms with E-state index in [0.717, 1.165) is 30.6 Å². The largest absolute Gasteiger partial charge is 0.494 e. The zero-order valence-corrected chi connectivity index (χ0v) is 21.9. The molecule has 2 saturated heterocycles. The highest BCUT2D eigenvalue weighted by molar-refractivity contribution is 5.69. The van der Waals surface area contributed by atoms with Gasteiger partial charge in [-0.2, -0.15) is 0 Å². The molecule has 0 spiro atoms. The van der Waals surface area contributed by atoms with Crippen LogP contribution in [0.1, 0.15) is 45.4 Å². The Kier molecular flexibility index (Phi) is 9.81. The number of unbranched alkanes of at least 4 members (excludes halogenated alkanes) is 1. The molecule has 9 heteroatoms. The van der Waals surface area contributed by atoms with E-state index in [9.17, 15) is 19.1 Å². The first kappa shape index (κ1) is 27.7. The average molecular weight is 529 g/mol. The van der Waals surface area contributed by atoms with Gasteiger partial charge in [0.1, 0.15) is 29.7 Å². The van der Waals surface area contributed by atoms with E-state index in [1.807, 2.05) is 36.1 Å². The first-order valence-corrected chi connectivity index (χ1v) is 13.4. The third-order valence-corrected chi connectivity index (χ3v) is 7.09. The molecule has 4 rings (SSSR count). The van der Waals surface area contributed by atoms with Crippen LogP contribution >= 0.6 is 0 Å². The molecule has 2 atom stereocenters. The number of hydrogen-bond acceptors (Lipinski definition) is 7. The molecule has 2 aliphatic rings. The molecule has 2 aromatic rings. The molecule has 0 aromatic heterocycles. The Balaban J connectivity index is 1.31. The van der Waals surface area contributed by atoms with Crippen molar-refractivity contribution in [3.05, 3.63) is 48.3 Å². The minimum Gasteiger partial charge on any atom is -0.494 e. The molecule has 0 unspecified atom stereocenters. The van der Waals surface area contributed by atoms with Gasteiger partial charge >= 0.3 is 5.97 Å². The van der Waals surface area contributed by atoms with Crippen molar-refractivity contribution in [2.45, 2.75) is 63.7 Å². The van der Waals surface area contributed by atoms with Crippen LogP contribution in [0.2, 0.25) is 0 Å². The van der Waals surface area contributed by atoms with Gasteiger partial charge < -0.3 is 33.9 Å². The highest BCUT2D eigenvalue weighted by atomic mass is 19.1. The summed E-state index contributed by atoms with van der Waals surface area (Å²) >= 11 is 0. The van der Waals surface area contributed by atoms with E-state index in [0.29, 0.717) is 63.5 Å². The number of carbonyl (C=O) groups is 2. The number of aliphatic carboxylic acids is 1. The van der Waals surface area contributed by atoms with Gasteiger partial charge in [-0.3, -0.25) is 4.79 Å². The fraction of sp³-hybridized carbons (Fsp3) is 0.517. The Bertz CT molecular complexity index is 1060. The summed E-state index contributed by atoms with van der Waals surface area (Å²) in [5.41, 5.74) is 1.49. The lowest BCUT2D eigenvalue weighted by molar-refractivity contribution is -0.137. The van der Waals surface area contributed by atoms with E-state index in [2.05, 4.69) is 4.90 Å². The molecular formula is C29H37FN2O6. The molecule has 0 saturated carbocycles. The van der Waals surface area contributed by atoms with Crippen molar-refractivity contribution < 1.29 is 33.3 Å². The maximum atomic E-state index is 14.4. The molecule has 8 nitrogen and oxygen atoms in total. The summed E-state index contributed by atoms with van der Waals surface area (Å²) in [5, 5.41) is 9.38. The van der Waals surface area contributed by atoms with Crippen molar-refractivity contribution in [1.82, 2.24) is 0 Å². The Labute approximate surface area is 223 Å². The van der Waals surface area contributed by atoms with E-state index in [1.54, 1.807) is 12.1 Å². The number of carbonyl (C=O) groups excluding carboxylic acids is 1. The molecular weight excluding hydrogens is 491 g/mol. The van der Waals surface area contributed by atoms with Crippen molar-refractivity contribution in [1.29, 1.82) is 0 Å². The molecule has 0 radical (unpaired) electrons. The van der Waals surface area contributed by atoms with Crippen LogP contribution in [0.4, 0.5) is 15.8 Å². The number of anilines is 2. The summed E-state index contributed by atoms with van der Waals surface area (Å²) in [6.45, 7) is 4.92. The van der Waals surface area contributed by atoms with Gasteiger partial charge in [0.05, 0.1) is 24.8 Å². The standard InChI is InChI=1S/C29H37FN2O6/c1-2-36-25-9-10-27(30)28(19-25)31-13-11-24(12-14-31)38-23-7-5-21(6-8-23)32-20-26(37-16-4-3-15-33)17-22(32)18-29(34)35/h5-10,15,19,22,24,26H,2-4,11-14,16-18,20H2,1H3,(H,34,35)/t22-,26-/m1/s1. The van der Waals surface area contributed by atoms with Crippen molar-refractivity contribution in [2.24, 2.45) is 0 Å². The zero-order valence-electron chi connectivity index (χ0n) is 21.9. The molecule has 0 bridgehead atoms. The van der Waals surface area contributed by atoms with Gasteiger partial charge in [-0.05, 0) is 56.2 Å². The number of ether oxygens (including phenoxy) is 3. The normalized spacial score (nSPS) is 19.9. The number of piperidine rings is 1. The van der Waals surface area contributed by atoms with Gasteiger partial charge in [0.25, 0.3) is 0 Å². The predicted octanol–water partition coefficient (Wildman–Crippen LogP) is 4.69. The van der Waals surface area contributed by atoms with Crippen LogP contribution in [-0.2, 0) is 14.3 Å². The first-order chi connectivity index (χ1) is 18.5. The van der Waals surface area contributed by atoms with Gasteiger partial charge in [0, 0.05) is 63.3 Å². The second-order valence-corrected chi connectivity index (χ2v) is 9.79. The van der Waals surface area contributed by atoms with Crippen LogP contribution in [0.15, 0.2) is 42.5 Å². The molecule has 1 N–H and O–H groups in total. The van der Waals surface area contributed by atoms with Gasteiger partial charge in [-0.25, -0.2) is 4.39 Å². The van der Waals surface area contributed by atoms with Gasteiger partial charge in [0.2, 0.25) is 0 Å². The monoisotopic (exact) mass is 528 g/mol. The summed E-state index contributed by atoms with van der Waals surface area (Å²) < 4.78 is 32.1. The SMILES string of the molecule is CCOc1ccc(F)c(N2CCC(Oc3ccc(N4C[C@H](OCCCC=O)C[C@@H]4CC(=O)O)cc3)CC2)c1. The first-order valence-electron chi connectivity index (χ1n) is 13.4. The number of nitrogens with zero attached hydrogens (tertiary/aromatic N) is 2. The summed E-state index contributed by atoms with van der Waals surface area (Å²) in [6.07, 6.45) is 4.21. The van der Waals surface area contributed by atoms with E-state index >= 15 is 0 Å². The minimum atomic E-state index is -0.836. The lowest BCUT2D eigenvalue weighted by Crippen LogP contribution is -2.38. The van der Waals surface area contributed by atoms with Gasteiger partial charge in [-0.15, -0.1) is 0 Å². The molecule has 2 aliphatic heterocycles. The second kappa shape index (κ2) is 13.5. The zero-order chi connectivity index (χ0) is 26.9. The number of hydrogen-bond donors (Lipinski definition) is 1. The lowest BCUT2D eigenvalue weighted by atomic mass is 10.1. The maximum absolute atomic E-state index is 14.4. The van der Waals surface area contributed by atoms with E-state index in [4.69, 9.17) is 14.2 Å². The second-order valence-electron chi connectivity index (χ2n) is 9.79. The fourth-order valence-corrected chi connectivity index (χ4v) is 5.24. The van der Waals surface area contributed by atoms with E-state index < -0.39 is 5.97 Å². The Morgan fingerprint density at radius 3 is 2.53 bits per heavy atom. The van der Waals surface area contributed by atoms with Crippen LogP contribution < -0.4 is 19.3 Å². The van der Waals surface area contributed by atoms with Gasteiger partial charge in [-0.1, -0.05) is 0 Å². The summed E-state index contributed by atoms with van der Waals surface area (Å²) in [4.78, 5) is 26.1. The molecule has 0 aliphatic carbocycles.